The third-order valence-electron chi connectivity index (χ3n) is 3.29. The van der Waals surface area contributed by atoms with Gasteiger partial charge in [-0.15, -0.1) is 0 Å². The summed E-state index contributed by atoms with van der Waals surface area (Å²) >= 11 is 0. The molecular weight excluding hydrogens is 324 g/mol. The molecule has 0 spiro atoms. The van der Waals surface area contributed by atoms with Crippen LogP contribution in [0.3, 0.4) is 0 Å². The van der Waals surface area contributed by atoms with Gasteiger partial charge < -0.3 is 25.2 Å². The fourth-order valence-electron chi connectivity index (χ4n) is 2.15. The maximum Gasteiger partial charge on any atom is 0.340 e. The molecule has 0 aliphatic heterocycles. The second kappa shape index (κ2) is 9.29. The maximum atomic E-state index is 12.2. The zero-order valence-corrected chi connectivity index (χ0v) is 13.8. The van der Waals surface area contributed by atoms with Gasteiger partial charge >= 0.3 is 5.97 Å². The Kier molecular flexibility index (Phi) is 6.79. The number of aliphatic hydroxyl groups excluding tert-OH is 1. The van der Waals surface area contributed by atoms with Crippen molar-refractivity contribution in [2.45, 2.75) is 0 Å². The topological polar surface area (TPSA) is 96.9 Å². The fourth-order valence-corrected chi connectivity index (χ4v) is 2.15. The highest BCUT2D eigenvalue weighted by Crippen LogP contribution is 2.23. The molecule has 0 saturated carbocycles. The van der Waals surface area contributed by atoms with Crippen LogP contribution in [0.5, 0.6) is 5.75 Å². The predicted molar refractivity (Wildman–Crippen MR) is 93.9 cm³/mol. The van der Waals surface area contributed by atoms with E-state index in [9.17, 15) is 9.59 Å². The highest BCUT2D eigenvalue weighted by atomic mass is 16.5. The molecule has 3 N–H and O–H groups in total. The summed E-state index contributed by atoms with van der Waals surface area (Å²) in [5.41, 5.74) is 1.32. The van der Waals surface area contributed by atoms with E-state index in [1.54, 1.807) is 48.5 Å². The van der Waals surface area contributed by atoms with Gasteiger partial charge in [0.25, 0.3) is 5.91 Å². The predicted octanol–water partition coefficient (Wildman–Crippen LogP) is 1.89. The van der Waals surface area contributed by atoms with E-state index in [-0.39, 0.29) is 6.61 Å². The van der Waals surface area contributed by atoms with Crippen LogP contribution in [0, 0.1) is 0 Å². The standard InChI is InChI=1S/C18H20N2O5/c1-24-16-9-5-4-8-15(16)20-17(22)12-25-18(23)13-6-2-3-7-14(13)19-10-11-21/h2-9,19,21H,10-12H2,1H3,(H,20,22). The van der Waals surface area contributed by atoms with Crippen LogP contribution in [0.4, 0.5) is 11.4 Å². The highest BCUT2D eigenvalue weighted by Gasteiger charge is 2.14. The summed E-state index contributed by atoms with van der Waals surface area (Å²) in [6.45, 7) is -0.186. The summed E-state index contributed by atoms with van der Waals surface area (Å²) in [5.74, 6) is -0.587. The number of carbonyl (C=O) groups is 2. The van der Waals surface area contributed by atoms with Crippen LogP contribution in [-0.4, -0.2) is 43.9 Å². The number of methoxy groups -OCH3 is 1. The van der Waals surface area contributed by atoms with Crippen LogP contribution in [0.15, 0.2) is 48.5 Å². The van der Waals surface area contributed by atoms with E-state index >= 15 is 0 Å². The molecule has 0 bridgehead atoms. The molecule has 0 aliphatic rings. The Hall–Kier alpha value is -3.06. The number of rotatable bonds is 8. The molecule has 1 amide bonds. The van der Waals surface area contributed by atoms with Gasteiger partial charge in [-0.3, -0.25) is 4.79 Å². The summed E-state index contributed by atoms with van der Waals surface area (Å²) in [6, 6.07) is 13.7. The number of esters is 1. The molecule has 132 valence electrons. The minimum atomic E-state index is -0.629. The van der Waals surface area contributed by atoms with E-state index in [1.807, 2.05) is 0 Å². The molecule has 7 heteroatoms. The van der Waals surface area contributed by atoms with Gasteiger partial charge in [0.1, 0.15) is 5.75 Å². The minimum Gasteiger partial charge on any atom is -0.495 e. The number of aliphatic hydroxyl groups is 1. The van der Waals surface area contributed by atoms with Crippen molar-refractivity contribution >= 4 is 23.3 Å². The number of ether oxygens (including phenoxy) is 2. The molecule has 7 nitrogen and oxygen atoms in total. The van der Waals surface area contributed by atoms with Gasteiger partial charge in [0.15, 0.2) is 6.61 Å². The second-order valence-electron chi connectivity index (χ2n) is 5.02. The van der Waals surface area contributed by atoms with Crippen LogP contribution in [0.1, 0.15) is 10.4 Å². The van der Waals surface area contributed by atoms with Crippen molar-refractivity contribution in [1.82, 2.24) is 0 Å². The number of carbonyl (C=O) groups excluding carboxylic acids is 2. The summed E-state index contributed by atoms with van der Waals surface area (Å²) in [7, 11) is 1.50. The molecule has 0 aromatic heterocycles. The van der Waals surface area contributed by atoms with Gasteiger partial charge in [0, 0.05) is 12.2 Å². The lowest BCUT2D eigenvalue weighted by molar-refractivity contribution is -0.119. The van der Waals surface area contributed by atoms with E-state index in [4.69, 9.17) is 14.6 Å². The third-order valence-corrected chi connectivity index (χ3v) is 3.29. The Morgan fingerprint density at radius 2 is 1.72 bits per heavy atom. The third kappa shape index (κ3) is 5.22. The maximum absolute atomic E-state index is 12.2. The number of amides is 1. The number of hydrogen-bond donors (Lipinski definition) is 3. The van der Waals surface area contributed by atoms with Crippen molar-refractivity contribution in [1.29, 1.82) is 0 Å². The number of benzene rings is 2. The lowest BCUT2D eigenvalue weighted by Crippen LogP contribution is -2.22. The normalized spacial score (nSPS) is 10.0. The Morgan fingerprint density at radius 3 is 2.44 bits per heavy atom. The van der Waals surface area contributed by atoms with E-state index in [0.717, 1.165) is 0 Å². The lowest BCUT2D eigenvalue weighted by atomic mass is 10.2. The summed E-state index contributed by atoms with van der Waals surface area (Å²) in [4.78, 5) is 24.2. The van der Waals surface area contributed by atoms with Crippen molar-refractivity contribution in [2.24, 2.45) is 0 Å². The number of nitrogens with one attached hydrogen (secondary N) is 2. The zero-order valence-electron chi connectivity index (χ0n) is 13.8. The van der Waals surface area contributed by atoms with Crippen LogP contribution in [-0.2, 0) is 9.53 Å². The molecule has 0 fully saturated rings. The first kappa shape index (κ1) is 18.3. The zero-order chi connectivity index (χ0) is 18.1. The Balaban J connectivity index is 1.94. The van der Waals surface area contributed by atoms with Crippen molar-refractivity contribution in [3.8, 4) is 5.75 Å². The quantitative estimate of drug-likeness (QED) is 0.633. The SMILES string of the molecule is COc1ccccc1NC(=O)COC(=O)c1ccccc1NCCO. The molecule has 2 aromatic rings. The first-order valence-electron chi connectivity index (χ1n) is 7.69. The van der Waals surface area contributed by atoms with Gasteiger partial charge in [-0.1, -0.05) is 24.3 Å². The Labute approximate surface area is 145 Å². The smallest absolute Gasteiger partial charge is 0.340 e. The first-order valence-corrected chi connectivity index (χ1v) is 7.69. The number of anilines is 2. The summed E-state index contributed by atoms with van der Waals surface area (Å²) in [5, 5.41) is 14.4. The average molecular weight is 344 g/mol. The average Bonchev–Trinajstić information content (AvgIpc) is 2.65. The molecule has 0 heterocycles. The Morgan fingerprint density at radius 1 is 1.04 bits per heavy atom. The monoisotopic (exact) mass is 344 g/mol. The number of hydrogen-bond acceptors (Lipinski definition) is 6. The van der Waals surface area contributed by atoms with Gasteiger partial charge in [-0.2, -0.15) is 0 Å². The van der Waals surface area contributed by atoms with Gasteiger partial charge in [0.2, 0.25) is 0 Å². The molecular formula is C18H20N2O5. The van der Waals surface area contributed by atoms with E-state index in [1.165, 1.54) is 7.11 Å². The Bertz CT molecular complexity index is 733. The fraction of sp³-hybridized carbons (Fsp3) is 0.222. The van der Waals surface area contributed by atoms with Crippen molar-refractivity contribution in [3.63, 3.8) is 0 Å². The van der Waals surface area contributed by atoms with Crippen molar-refractivity contribution < 1.29 is 24.2 Å². The van der Waals surface area contributed by atoms with Crippen molar-refractivity contribution in [3.05, 3.63) is 54.1 Å². The molecule has 0 aliphatic carbocycles. The summed E-state index contributed by atoms with van der Waals surface area (Å²) in [6.07, 6.45) is 0. The molecule has 2 rings (SSSR count). The van der Waals surface area contributed by atoms with E-state index < -0.39 is 18.5 Å². The van der Waals surface area contributed by atoms with Gasteiger partial charge in [-0.25, -0.2) is 4.79 Å². The minimum absolute atomic E-state index is 0.0648. The van der Waals surface area contributed by atoms with E-state index in [0.29, 0.717) is 29.2 Å². The summed E-state index contributed by atoms with van der Waals surface area (Å²) < 4.78 is 10.2. The highest BCUT2D eigenvalue weighted by molar-refractivity contribution is 5.98. The first-order chi connectivity index (χ1) is 12.2. The van der Waals surface area contributed by atoms with Crippen LogP contribution >= 0.6 is 0 Å². The van der Waals surface area contributed by atoms with E-state index in [2.05, 4.69) is 10.6 Å². The number of para-hydroxylation sites is 3. The molecule has 0 radical (unpaired) electrons. The van der Waals surface area contributed by atoms with Crippen LogP contribution in [0.25, 0.3) is 0 Å². The molecule has 0 saturated heterocycles. The molecule has 25 heavy (non-hydrogen) atoms. The van der Waals surface area contributed by atoms with Gasteiger partial charge in [0.05, 0.1) is 25.0 Å². The second-order valence-corrected chi connectivity index (χ2v) is 5.02. The molecule has 0 unspecified atom stereocenters. The molecule has 0 atom stereocenters. The van der Waals surface area contributed by atoms with Gasteiger partial charge in [-0.05, 0) is 24.3 Å². The van der Waals surface area contributed by atoms with Crippen LogP contribution in [0.2, 0.25) is 0 Å². The molecule has 2 aromatic carbocycles. The van der Waals surface area contributed by atoms with Crippen molar-refractivity contribution in [2.75, 3.05) is 37.5 Å². The van der Waals surface area contributed by atoms with Crippen LogP contribution < -0.4 is 15.4 Å². The largest absolute Gasteiger partial charge is 0.495 e. The lowest BCUT2D eigenvalue weighted by Gasteiger charge is -2.12.